The molecule has 0 spiro atoms. The molecule has 3 heteroatoms. The first kappa shape index (κ1) is 14.0. The fraction of sp³-hybridized carbons (Fsp3) is 0.769. The van der Waals surface area contributed by atoms with Gasteiger partial charge in [-0.1, -0.05) is 49.5 Å². The molecule has 1 rings (SSSR count). The molecule has 3 atom stereocenters. The van der Waals surface area contributed by atoms with Crippen LogP contribution in [-0.2, 0) is 0 Å². The molecule has 1 fully saturated rings. The SMILES string of the molecule is C=C(C)[C@@H]1CC[C@@H](C)C[C@@H]1SC(=S)N(C)C. The molecule has 1 aliphatic carbocycles. The van der Waals surface area contributed by atoms with Crippen molar-refractivity contribution in [3.8, 4) is 0 Å². The molecule has 16 heavy (non-hydrogen) atoms. The smallest absolute Gasteiger partial charge is 0.136 e. The highest BCUT2D eigenvalue weighted by molar-refractivity contribution is 8.23. The summed E-state index contributed by atoms with van der Waals surface area (Å²) < 4.78 is 1.00. The standard InChI is InChI=1S/C13H23NS2/c1-9(2)11-7-6-10(3)8-12(11)16-13(15)14(4)5/h10-12H,1,6-8H2,2-5H3/t10-,11+,12+/m1/s1. The van der Waals surface area contributed by atoms with Crippen LogP contribution in [0.1, 0.15) is 33.1 Å². The zero-order chi connectivity index (χ0) is 12.3. The van der Waals surface area contributed by atoms with Crippen LogP contribution in [0.25, 0.3) is 0 Å². The van der Waals surface area contributed by atoms with E-state index in [2.05, 4.69) is 20.4 Å². The molecule has 0 aromatic heterocycles. The van der Waals surface area contributed by atoms with Gasteiger partial charge in [-0.2, -0.15) is 0 Å². The van der Waals surface area contributed by atoms with E-state index in [1.54, 1.807) is 0 Å². The molecule has 0 aromatic carbocycles. The minimum atomic E-state index is 0.635. The number of nitrogens with zero attached hydrogens (tertiary/aromatic N) is 1. The van der Waals surface area contributed by atoms with Gasteiger partial charge in [0, 0.05) is 19.3 Å². The largest absolute Gasteiger partial charge is 0.364 e. The number of thiocarbonyl (C=S) groups is 1. The molecule has 0 heterocycles. The predicted octanol–water partition coefficient (Wildman–Crippen LogP) is 3.95. The number of hydrogen-bond acceptors (Lipinski definition) is 2. The maximum atomic E-state index is 5.40. The minimum absolute atomic E-state index is 0.635. The third-order valence-corrected chi connectivity index (χ3v) is 5.35. The van der Waals surface area contributed by atoms with Gasteiger partial charge in [-0.25, -0.2) is 0 Å². The summed E-state index contributed by atoms with van der Waals surface area (Å²) in [6.07, 6.45) is 3.89. The lowest BCUT2D eigenvalue weighted by Crippen LogP contribution is -2.30. The normalized spacial score (nSPS) is 29.9. The summed E-state index contributed by atoms with van der Waals surface area (Å²) >= 11 is 7.26. The van der Waals surface area contributed by atoms with Gasteiger partial charge >= 0.3 is 0 Å². The summed E-state index contributed by atoms with van der Waals surface area (Å²) in [6, 6.07) is 0. The molecule has 0 radical (unpaired) electrons. The van der Waals surface area contributed by atoms with E-state index >= 15 is 0 Å². The first-order valence-electron chi connectivity index (χ1n) is 5.95. The Bertz CT molecular complexity index is 273. The van der Waals surface area contributed by atoms with Crippen molar-refractivity contribution in [2.45, 2.75) is 38.4 Å². The molecule has 0 amide bonds. The highest BCUT2D eigenvalue weighted by Gasteiger charge is 2.30. The lowest BCUT2D eigenvalue weighted by atomic mass is 9.79. The van der Waals surface area contributed by atoms with Gasteiger partial charge in [0.05, 0.1) is 0 Å². The monoisotopic (exact) mass is 257 g/mol. The fourth-order valence-electron chi connectivity index (χ4n) is 2.26. The lowest BCUT2D eigenvalue weighted by molar-refractivity contribution is 0.331. The number of thioether (sulfide) groups is 1. The first-order chi connectivity index (χ1) is 7.41. The topological polar surface area (TPSA) is 3.24 Å². The van der Waals surface area contributed by atoms with Gasteiger partial charge in [0.1, 0.15) is 4.32 Å². The first-order valence-corrected chi connectivity index (χ1v) is 7.24. The van der Waals surface area contributed by atoms with E-state index in [1.807, 2.05) is 30.8 Å². The molecule has 0 saturated heterocycles. The Kier molecular flexibility index (Phi) is 5.32. The van der Waals surface area contributed by atoms with E-state index in [4.69, 9.17) is 12.2 Å². The second-order valence-corrected chi connectivity index (χ2v) is 7.06. The Balaban J connectivity index is 2.64. The van der Waals surface area contributed by atoms with E-state index in [0.717, 1.165) is 10.2 Å². The van der Waals surface area contributed by atoms with Crippen molar-refractivity contribution in [1.82, 2.24) is 4.90 Å². The van der Waals surface area contributed by atoms with Crippen LogP contribution in [0.4, 0.5) is 0 Å². The van der Waals surface area contributed by atoms with Crippen LogP contribution in [0.5, 0.6) is 0 Å². The second-order valence-electron chi connectivity index (χ2n) is 5.19. The Morgan fingerprint density at radius 3 is 2.50 bits per heavy atom. The zero-order valence-electron chi connectivity index (χ0n) is 10.8. The Hall–Kier alpha value is -0.0200. The van der Waals surface area contributed by atoms with Crippen LogP contribution in [0.15, 0.2) is 12.2 Å². The quantitative estimate of drug-likeness (QED) is 0.545. The van der Waals surface area contributed by atoms with Gasteiger partial charge in [-0.15, -0.1) is 0 Å². The Labute approximate surface area is 110 Å². The molecule has 92 valence electrons. The summed E-state index contributed by atoms with van der Waals surface area (Å²) in [4.78, 5) is 2.04. The summed E-state index contributed by atoms with van der Waals surface area (Å²) in [5.41, 5.74) is 1.32. The molecular formula is C13H23NS2. The highest BCUT2D eigenvalue weighted by atomic mass is 32.2. The van der Waals surface area contributed by atoms with Crippen molar-refractivity contribution in [3.63, 3.8) is 0 Å². The molecule has 1 saturated carbocycles. The van der Waals surface area contributed by atoms with E-state index in [0.29, 0.717) is 11.2 Å². The van der Waals surface area contributed by atoms with Crippen molar-refractivity contribution >= 4 is 28.3 Å². The average Bonchev–Trinajstić information content (AvgIpc) is 2.16. The molecule has 0 aromatic rings. The van der Waals surface area contributed by atoms with Crippen LogP contribution in [0, 0.1) is 11.8 Å². The van der Waals surface area contributed by atoms with Crippen LogP contribution >= 0.6 is 24.0 Å². The van der Waals surface area contributed by atoms with Gasteiger partial charge in [0.25, 0.3) is 0 Å². The van der Waals surface area contributed by atoms with Crippen molar-refractivity contribution in [2.24, 2.45) is 11.8 Å². The fourth-order valence-corrected chi connectivity index (χ4v) is 4.06. The third-order valence-electron chi connectivity index (χ3n) is 3.30. The summed E-state index contributed by atoms with van der Waals surface area (Å²) in [7, 11) is 4.05. The molecule has 0 N–H and O–H groups in total. The Morgan fingerprint density at radius 1 is 1.38 bits per heavy atom. The van der Waals surface area contributed by atoms with E-state index in [1.165, 1.54) is 24.8 Å². The zero-order valence-corrected chi connectivity index (χ0v) is 12.5. The van der Waals surface area contributed by atoms with E-state index < -0.39 is 0 Å². The Morgan fingerprint density at radius 2 is 2.00 bits per heavy atom. The van der Waals surface area contributed by atoms with Crippen LogP contribution in [0.3, 0.4) is 0 Å². The molecule has 0 bridgehead atoms. The maximum absolute atomic E-state index is 5.40. The summed E-state index contributed by atoms with van der Waals surface area (Å²) in [6.45, 7) is 8.64. The van der Waals surface area contributed by atoms with Crippen LogP contribution in [0.2, 0.25) is 0 Å². The van der Waals surface area contributed by atoms with Gasteiger partial charge in [-0.3, -0.25) is 0 Å². The van der Waals surface area contributed by atoms with Crippen molar-refractivity contribution in [3.05, 3.63) is 12.2 Å². The number of allylic oxidation sites excluding steroid dienone is 1. The van der Waals surface area contributed by atoms with Crippen molar-refractivity contribution in [2.75, 3.05) is 14.1 Å². The highest BCUT2D eigenvalue weighted by Crippen LogP contribution is 2.40. The number of rotatable bonds is 2. The van der Waals surface area contributed by atoms with Crippen molar-refractivity contribution < 1.29 is 0 Å². The van der Waals surface area contributed by atoms with Crippen LogP contribution in [-0.4, -0.2) is 28.6 Å². The molecule has 1 nitrogen and oxygen atoms in total. The van der Waals surface area contributed by atoms with Gasteiger partial charge in [-0.05, 0) is 31.6 Å². The molecule has 0 aliphatic heterocycles. The summed E-state index contributed by atoms with van der Waals surface area (Å²) in [5.74, 6) is 1.48. The van der Waals surface area contributed by atoms with E-state index in [-0.39, 0.29) is 0 Å². The third kappa shape index (κ3) is 3.77. The van der Waals surface area contributed by atoms with Crippen molar-refractivity contribution in [1.29, 1.82) is 0 Å². The maximum Gasteiger partial charge on any atom is 0.136 e. The van der Waals surface area contributed by atoms with E-state index in [9.17, 15) is 0 Å². The minimum Gasteiger partial charge on any atom is -0.364 e. The molecule has 1 aliphatic rings. The van der Waals surface area contributed by atoms with Gasteiger partial charge in [0.15, 0.2) is 0 Å². The van der Waals surface area contributed by atoms with Crippen LogP contribution < -0.4 is 0 Å². The summed E-state index contributed by atoms with van der Waals surface area (Å²) in [5, 5.41) is 0.635. The predicted molar refractivity (Wildman–Crippen MR) is 79.0 cm³/mol. The number of hydrogen-bond donors (Lipinski definition) is 0. The second kappa shape index (κ2) is 6.06. The molecular weight excluding hydrogens is 234 g/mol. The van der Waals surface area contributed by atoms with Gasteiger partial charge < -0.3 is 4.90 Å². The average molecular weight is 257 g/mol. The van der Waals surface area contributed by atoms with Gasteiger partial charge in [0.2, 0.25) is 0 Å². The lowest BCUT2D eigenvalue weighted by Gasteiger charge is -2.35. The molecule has 0 unspecified atom stereocenters.